The van der Waals surface area contributed by atoms with E-state index in [1.165, 1.54) is 18.2 Å². The molecule has 0 amide bonds. The van der Waals surface area contributed by atoms with Crippen molar-refractivity contribution in [2.45, 2.75) is 19.8 Å². The molecule has 7 heteroatoms. The predicted octanol–water partition coefficient (Wildman–Crippen LogP) is 6.14. The fourth-order valence-corrected chi connectivity index (χ4v) is 5.46. The first kappa shape index (κ1) is 24.7. The topological polar surface area (TPSA) is 145 Å². The second kappa shape index (κ2) is 9.50. The Hall–Kier alpha value is -5.94. The van der Waals surface area contributed by atoms with Gasteiger partial charge in [-0.25, -0.2) is 4.39 Å². The molecule has 0 unspecified atom stereocenters. The van der Waals surface area contributed by atoms with Gasteiger partial charge in [0.15, 0.2) is 0 Å². The average Bonchev–Trinajstić information content (AvgIpc) is 3.41. The lowest BCUT2D eigenvalue weighted by Crippen LogP contribution is -2.02. The van der Waals surface area contributed by atoms with Crippen molar-refractivity contribution in [1.82, 2.24) is 0 Å². The molecule has 0 atom stereocenters. The van der Waals surface area contributed by atoms with E-state index < -0.39 is 5.82 Å². The molecule has 0 aromatic heterocycles. The molecule has 39 heavy (non-hydrogen) atoms. The van der Waals surface area contributed by atoms with Crippen LogP contribution in [0, 0.1) is 62.5 Å². The second-order valence-corrected chi connectivity index (χ2v) is 9.25. The van der Waals surface area contributed by atoms with Gasteiger partial charge in [0.05, 0.1) is 5.57 Å². The smallest absolute Gasteiger partial charge is 0.138 e. The summed E-state index contributed by atoms with van der Waals surface area (Å²) in [4.78, 5) is 0. The molecule has 0 bridgehead atoms. The van der Waals surface area contributed by atoms with E-state index >= 15 is 0 Å². The molecule has 3 aliphatic rings. The number of hydrogen-bond acceptors (Lipinski definition) is 6. The van der Waals surface area contributed by atoms with Crippen LogP contribution in [-0.2, 0) is 0 Å². The number of hydrogen-bond donors (Lipinski definition) is 1. The zero-order chi connectivity index (χ0) is 27.8. The SMILES string of the molecule is CC1=CC2=C(CC1)C(=C(C#N)C#N)C(c1cccc(C3=C(C#N)c4cc(F)ccc4C3=C(C#N)C#N)c1)=C2N. The van der Waals surface area contributed by atoms with Crippen molar-refractivity contribution in [3.63, 3.8) is 0 Å². The van der Waals surface area contributed by atoms with Crippen molar-refractivity contribution >= 4 is 22.3 Å². The summed E-state index contributed by atoms with van der Waals surface area (Å²) in [6, 6.07) is 20.9. The van der Waals surface area contributed by atoms with E-state index in [9.17, 15) is 30.7 Å². The first-order valence-corrected chi connectivity index (χ1v) is 11.9. The van der Waals surface area contributed by atoms with Gasteiger partial charge >= 0.3 is 0 Å². The van der Waals surface area contributed by atoms with Gasteiger partial charge in [0, 0.05) is 39.1 Å². The number of nitrogens with two attached hydrogens (primary N) is 1. The molecule has 2 aromatic carbocycles. The summed E-state index contributed by atoms with van der Waals surface area (Å²) < 4.78 is 14.2. The summed E-state index contributed by atoms with van der Waals surface area (Å²) in [5, 5.41) is 49.1. The molecule has 6 nitrogen and oxygen atoms in total. The zero-order valence-electron chi connectivity index (χ0n) is 20.7. The number of nitriles is 5. The highest BCUT2D eigenvalue weighted by atomic mass is 19.1. The number of nitrogens with zero attached hydrogens (tertiary/aromatic N) is 5. The number of halogens is 1. The van der Waals surface area contributed by atoms with Crippen molar-refractivity contribution in [3.05, 3.63) is 116 Å². The van der Waals surface area contributed by atoms with E-state index in [1.54, 1.807) is 24.3 Å². The third-order valence-electron chi connectivity index (χ3n) is 7.12. The Morgan fingerprint density at radius 1 is 0.795 bits per heavy atom. The third-order valence-corrected chi connectivity index (χ3v) is 7.12. The number of allylic oxidation sites excluding steroid dienone is 10. The van der Waals surface area contributed by atoms with Gasteiger partial charge < -0.3 is 5.73 Å². The Labute approximate surface area is 224 Å². The molecular weight excluding hydrogens is 487 g/mol. The summed E-state index contributed by atoms with van der Waals surface area (Å²) >= 11 is 0. The molecule has 0 radical (unpaired) electrons. The lowest BCUT2D eigenvalue weighted by molar-refractivity contribution is 0.627. The first-order valence-electron chi connectivity index (χ1n) is 11.9. The fourth-order valence-electron chi connectivity index (χ4n) is 5.46. The Morgan fingerprint density at radius 2 is 1.44 bits per heavy atom. The number of rotatable bonds is 2. The van der Waals surface area contributed by atoms with Gasteiger partial charge in [-0.05, 0) is 60.2 Å². The molecule has 182 valence electrons. The molecule has 2 aromatic rings. The molecule has 3 aliphatic carbocycles. The molecule has 0 saturated heterocycles. The van der Waals surface area contributed by atoms with E-state index in [1.807, 2.05) is 37.3 Å². The highest BCUT2D eigenvalue weighted by Gasteiger charge is 2.34. The number of fused-ring (bicyclic) bond motifs is 1. The molecule has 0 saturated carbocycles. The molecular formula is C32H17FN6. The average molecular weight is 505 g/mol. The van der Waals surface area contributed by atoms with Crippen molar-refractivity contribution in [2.75, 3.05) is 0 Å². The Kier molecular flexibility index (Phi) is 6.03. The van der Waals surface area contributed by atoms with Crippen LogP contribution in [0.2, 0.25) is 0 Å². The zero-order valence-corrected chi connectivity index (χ0v) is 20.7. The van der Waals surface area contributed by atoms with Gasteiger partial charge in [0.1, 0.15) is 47.3 Å². The van der Waals surface area contributed by atoms with Crippen LogP contribution in [0.15, 0.2) is 87.7 Å². The maximum atomic E-state index is 14.2. The highest BCUT2D eigenvalue weighted by molar-refractivity contribution is 6.25. The summed E-state index contributed by atoms with van der Waals surface area (Å²) in [6.07, 6.45) is 3.39. The van der Waals surface area contributed by atoms with Crippen molar-refractivity contribution in [3.8, 4) is 30.3 Å². The van der Waals surface area contributed by atoms with E-state index in [0.717, 1.165) is 23.1 Å². The van der Waals surface area contributed by atoms with Gasteiger partial charge in [-0.15, -0.1) is 0 Å². The monoisotopic (exact) mass is 504 g/mol. The van der Waals surface area contributed by atoms with Crippen LogP contribution in [0.5, 0.6) is 0 Å². The van der Waals surface area contributed by atoms with Crippen LogP contribution in [-0.4, -0.2) is 0 Å². The van der Waals surface area contributed by atoms with Crippen LogP contribution >= 0.6 is 0 Å². The molecule has 0 fully saturated rings. The summed E-state index contributed by atoms with van der Waals surface area (Å²) in [5.41, 5.74) is 13.2. The first-order chi connectivity index (χ1) is 18.9. The molecule has 2 N–H and O–H groups in total. The summed E-state index contributed by atoms with van der Waals surface area (Å²) in [6.45, 7) is 2.00. The van der Waals surface area contributed by atoms with Crippen LogP contribution in [0.1, 0.15) is 42.0 Å². The molecule has 5 rings (SSSR count). The van der Waals surface area contributed by atoms with Crippen LogP contribution in [0.4, 0.5) is 4.39 Å². The Bertz CT molecular complexity index is 1890. The lowest BCUT2D eigenvalue weighted by atomic mass is 9.86. The van der Waals surface area contributed by atoms with Gasteiger partial charge in [0.25, 0.3) is 0 Å². The largest absolute Gasteiger partial charge is 0.398 e. The van der Waals surface area contributed by atoms with Crippen LogP contribution in [0.25, 0.3) is 22.3 Å². The van der Waals surface area contributed by atoms with Gasteiger partial charge in [-0.2, -0.15) is 26.3 Å². The van der Waals surface area contributed by atoms with Gasteiger partial charge in [-0.1, -0.05) is 35.9 Å². The maximum Gasteiger partial charge on any atom is 0.138 e. The lowest BCUT2D eigenvalue weighted by Gasteiger charge is -2.15. The van der Waals surface area contributed by atoms with Crippen LogP contribution in [0.3, 0.4) is 0 Å². The van der Waals surface area contributed by atoms with E-state index in [4.69, 9.17) is 5.73 Å². The van der Waals surface area contributed by atoms with Crippen molar-refractivity contribution < 1.29 is 4.39 Å². The maximum absolute atomic E-state index is 14.2. The standard InChI is InChI=1S/C32H17FN6/c1-17-5-7-24-26(9-17)32(39)31(30(24)21(14-36)15-37)19-4-2-3-18(10-19)28-27(16-38)25-11-22(33)6-8-23(25)29(28)20(12-34)13-35/h2-4,6,8-11H,5,7,39H2,1H3. The van der Waals surface area contributed by atoms with Crippen molar-refractivity contribution in [1.29, 1.82) is 26.3 Å². The van der Waals surface area contributed by atoms with Gasteiger partial charge in [-0.3, -0.25) is 0 Å². The molecule has 0 spiro atoms. The van der Waals surface area contributed by atoms with E-state index in [-0.39, 0.29) is 22.3 Å². The van der Waals surface area contributed by atoms with Gasteiger partial charge in [0.2, 0.25) is 0 Å². The Balaban J connectivity index is 1.79. The molecule has 0 heterocycles. The minimum absolute atomic E-state index is 0.0474. The van der Waals surface area contributed by atoms with E-state index in [0.29, 0.717) is 51.1 Å². The molecule has 0 aliphatic heterocycles. The second-order valence-electron chi connectivity index (χ2n) is 9.25. The fraction of sp³-hybridized carbons (Fsp3) is 0.0938. The summed E-state index contributed by atoms with van der Waals surface area (Å²) in [7, 11) is 0. The normalized spacial score (nSPS) is 15.5. The van der Waals surface area contributed by atoms with Crippen molar-refractivity contribution in [2.24, 2.45) is 5.73 Å². The van der Waals surface area contributed by atoms with Crippen LogP contribution < -0.4 is 5.73 Å². The third kappa shape index (κ3) is 3.74. The highest BCUT2D eigenvalue weighted by Crippen LogP contribution is 2.50. The quantitative estimate of drug-likeness (QED) is 0.486. The number of benzene rings is 2. The minimum atomic E-state index is -0.550. The summed E-state index contributed by atoms with van der Waals surface area (Å²) in [5.74, 6) is -0.550. The minimum Gasteiger partial charge on any atom is -0.398 e. The predicted molar refractivity (Wildman–Crippen MR) is 143 cm³/mol. The Morgan fingerprint density at radius 3 is 2.08 bits per heavy atom. The van der Waals surface area contributed by atoms with E-state index in [2.05, 4.69) is 6.07 Å².